The smallest absolute Gasteiger partial charge is 0.258 e. The van der Waals surface area contributed by atoms with Crippen LogP contribution >= 0.6 is 27.7 Å². The lowest BCUT2D eigenvalue weighted by Gasteiger charge is -2.03. The van der Waals surface area contributed by atoms with Crippen molar-refractivity contribution in [1.29, 1.82) is 5.26 Å². The number of halogens is 1. The van der Waals surface area contributed by atoms with E-state index in [1.165, 1.54) is 23.9 Å². The summed E-state index contributed by atoms with van der Waals surface area (Å²) >= 11 is 4.81. The molecule has 0 radical (unpaired) electrons. The Hall–Kier alpha value is -1.84. The van der Waals surface area contributed by atoms with E-state index in [4.69, 9.17) is 5.26 Å². The SMILES string of the molecule is N#Cc1ccc(Sc2ccc([N+](=O)[O-])cc2)cc1Br. The average molecular weight is 335 g/mol. The number of nitro benzene ring substituents is 1. The first-order valence-corrected chi connectivity index (χ1v) is 6.83. The quantitative estimate of drug-likeness (QED) is 0.617. The Labute approximate surface area is 122 Å². The lowest BCUT2D eigenvalue weighted by molar-refractivity contribution is -0.384. The summed E-state index contributed by atoms with van der Waals surface area (Å²) in [7, 11) is 0. The zero-order valence-corrected chi connectivity index (χ0v) is 11.9. The second-order valence-corrected chi connectivity index (χ2v) is 5.61. The highest BCUT2D eigenvalue weighted by molar-refractivity contribution is 9.10. The zero-order valence-electron chi connectivity index (χ0n) is 9.54. The Morgan fingerprint density at radius 1 is 1.16 bits per heavy atom. The first kappa shape index (κ1) is 13.6. The van der Waals surface area contributed by atoms with Gasteiger partial charge in [0.05, 0.1) is 10.5 Å². The Morgan fingerprint density at radius 2 is 1.79 bits per heavy atom. The van der Waals surface area contributed by atoms with Crippen molar-refractivity contribution in [1.82, 2.24) is 0 Å². The van der Waals surface area contributed by atoms with E-state index in [2.05, 4.69) is 22.0 Å². The van der Waals surface area contributed by atoms with Gasteiger partial charge in [-0.25, -0.2) is 0 Å². The fraction of sp³-hybridized carbons (Fsp3) is 0. The molecule has 0 N–H and O–H groups in total. The summed E-state index contributed by atoms with van der Waals surface area (Å²) in [6.07, 6.45) is 0. The molecule has 0 unspecified atom stereocenters. The molecular weight excluding hydrogens is 328 g/mol. The van der Waals surface area contributed by atoms with E-state index in [1.54, 1.807) is 18.2 Å². The largest absolute Gasteiger partial charge is 0.269 e. The molecule has 0 aliphatic heterocycles. The van der Waals surface area contributed by atoms with Crippen LogP contribution in [0.4, 0.5) is 5.69 Å². The summed E-state index contributed by atoms with van der Waals surface area (Å²) in [5, 5.41) is 19.4. The molecule has 0 saturated heterocycles. The second-order valence-electron chi connectivity index (χ2n) is 3.61. The lowest BCUT2D eigenvalue weighted by Crippen LogP contribution is -1.86. The van der Waals surface area contributed by atoms with Gasteiger partial charge in [-0.15, -0.1) is 0 Å². The van der Waals surface area contributed by atoms with E-state index >= 15 is 0 Å². The highest BCUT2D eigenvalue weighted by Crippen LogP contribution is 2.31. The van der Waals surface area contributed by atoms with Crippen LogP contribution in [0.1, 0.15) is 5.56 Å². The molecule has 6 heteroatoms. The minimum atomic E-state index is -0.424. The van der Waals surface area contributed by atoms with Crippen LogP contribution in [0.15, 0.2) is 56.7 Å². The fourth-order valence-corrected chi connectivity index (χ4v) is 2.90. The first-order chi connectivity index (χ1) is 9.10. The highest BCUT2D eigenvalue weighted by Gasteiger charge is 2.06. The van der Waals surface area contributed by atoms with Crippen molar-refractivity contribution < 1.29 is 4.92 Å². The molecule has 0 bridgehead atoms. The number of non-ortho nitro benzene ring substituents is 1. The van der Waals surface area contributed by atoms with Crippen molar-refractivity contribution in [3.05, 3.63) is 62.6 Å². The molecule has 4 nitrogen and oxygen atoms in total. The normalized spacial score (nSPS) is 9.89. The maximum absolute atomic E-state index is 10.5. The van der Waals surface area contributed by atoms with Gasteiger partial charge < -0.3 is 0 Å². The summed E-state index contributed by atoms with van der Waals surface area (Å²) in [5.74, 6) is 0. The van der Waals surface area contributed by atoms with Crippen LogP contribution in [0, 0.1) is 21.4 Å². The molecule has 2 rings (SSSR count). The van der Waals surface area contributed by atoms with Crippen LogP contribution in [0.2, 0.25) is 0 Å². The number of nitriles is 1. The predicted molar refractivity (Wildman–Crippen MR) is 76.1 cm³/mol. The standard InChI is InChI=1S/C13H7BrN2O2S/c14-13-7-12(4-1-9(13)8-15)19-11-5-2-10(3-6-11)16(17)18/h1-7H. The van der Waals surface area contributed by atoms with Crippen LogP contribution in [0.25, 0.3) is 0 Å². The van der Waals surface area contributed by atoms with E-state index in [1.807, 2.05) is 12.1 Å². The first-order valence-electron chi connectivity index (χ1n) is 5.22. The highest BCUT2D eigenvalue weighted by atomic mass is 79.9. The second kappa shape index (κ2) is 5.87. The van der Waals surface area contributed by atoms with Crippen molar-refractivity contribution in [3.8, 4) is 6.07 Å². The van der Waals surface area contributed by atoms with Crippen molar-refractivity contribution in [2.75, 3.05) is 0 Å². The van der Waals surface area contributed by atoms with Crippen molar-refractivity contribution in [2.45, 2.75) is 9.79 Å². The van der Waals surface area contributed by atoms with Gasteiger partial charge in [-0.1, -0.05) is 11.8 Å². The molecule has 94 valence electrons. The van der Waals surface area contributed by atoms with E-state index in [0.29, 0.717) is 5.56 Å². The third-order valence-electron chi connectivity index (χ3n) is 2.34. The molecule has 0 saturated carbocycles. The summed E-state index contributed by atoms with van der Waals surface area (Å²) in [5.41, 5.74) is 0.651. The molecule has 0 atom stereocenters. The monoisotopic (exact) mass is 334 g/mol. The molecule has 0 aromatic heterocycles. The molecule has 19 heavy (non-hydrogen) atoms. The van der Waals surface area contributed by atoms with Gasteiger partial charge in [0.2, 0.25) is 0 Å². The Kier molecular flexibility index (Phi) is 4.20. The molecule has 0 fully saturated rings. The predicted octanol–water partition coefficient (Wildman–Crippen LogP) is 4.38. The van der Waals surface area contributed by atoms with Crippen LogP contribution in [-0.2, 0) is 0 Å². The molecule has 0 aliphatic carbocycles. The number of nitrogens with zero attached hydrogens (tertiary/aromatic N) is 2. The van der Waals surface area contributed by atoms with Gasteiger partial charge in [0, 0.05) is 26.4 Å². The fourth-order valence-electron chi connectivity index (χ4n) is 1.42. The number of hydrogen-bond donors (Lipinski definition) is 0. The van der Waals surface area contributed by atoms with Gasteiger partial charge in [0.15, 0.2) is 0 Å². The number of nitro groups is 1. The van der Waals surface area contributed by atoms with Gasteiger partial charge in [0.25, 0.3) is 5.69 Å². The van der Waals surface area contributed by atoms with Crippen LogP contribution < -0.4 is 0 Å². The summed E-state index contributed by atoms with van der Waals surface area (Å²) in [4.78, 5) is 12.0. The molecule has 0 heterocycles. The zero-order chi connectivity index (χ0) is 13.8. The molecule has 0 aliphatic rings. The van der Waals surface area contributed by atoms with E-state index in [-0.39, 0.29) is 5.69 Å². The van der Waals surface area contributed by atoms with Gasteiger partial charge in [-0.2, -0.15) is 5.26 Å². The van der Waals surface area contributed by atoms with Crippen LogP contribution in [0.3, 0.4) is 0 Å². The average Bonchev–Trinajstić information content (AvgIpc) is 2.39. The van der Waals surface area contributed by atoms with Gasteiger partial charge >= 0.3 is 0 Å². The van der Waals surface area contributed by atoms with Gasteiger partial charge in [-0.3, -0.25) is 10.1 Å². The van der Waals surface area contributed by atoms with Gasteiger partial charge in [-0.05, 0) is 46.3 Å². The molecule has 2 aromatic rings. The van der Waals surface area contributed by atoms with E-state index in [9.17, 15) is 10.1 Å². The number of hydrogen-bond acceptors (Lipinski definition) is 4. The summed E-state index contributed by atoms with van der Waals surface area (Å²) in [6.45, 7) is 0. The summed E-state index contributed by atoms with van der Waals surface area (Å²) in [6, 6.07) is 13.9. The minimum absolute atomic E-state index is 0.0744. The van der Waals surface area contributed by atoms with E-state index in [0.717, 1.165) is 14.3 Å². The van der Waals surface area contributed by atoms with E-state index < -0.39 is 4.92 Å². The minimum Gasteiger partial charge on any atom is -0.258 e. The molecular formula is C13H7BrN2O2S. The third kappa shape index (κ3) is 3.34. The number of benzene rings is 2. The van der Waals surface area contributed by atoms with Gasteiger partial charge in [0.1, 0.15) is 6.07 Å². The lowest BCUT2D eigenvalue weighted by atomic mass is 10.2. The van der Waals surface area contributed by atoms with Crippen LogP contribution in [-0.4, -0.2) is 4.92 Å². The Bertz CT molecular complexity index is 665. The number of rotatable bonds is 3. The maximum atomic E-state index is 10.5. The third-order valence-corrected chi connectivity index (χ3v) is 4.00. The Morgan fingerprint density at radius 3 is 2.32 bits per heavy atom. The molecule has 0 amide bonds. The van der Waals surface area contributed by atoms with Crippen molar-refractivity contribution >= 4 is 33.4 Å². The molecule has 2 aromatic carbocycles. The Balaban J connectivity index is 2.19. The molecule has 0 spiro atoms. The summed E-state index contributed by atoms with van der Waals surface area (Å²) < 4.78 is 0.738. The topological polar surface area (TPSA) is 66.9 Å². The van der Waals surface area contributed by atoms with Crippen LogP contribution in [0.5, 0.6) is 0 Å². The van der Waals surface area contributed by atoms with Crippen molar-refractivity contribution in [3.63, 3.8) is 0 Å². The maximum Gasteiger partial charge on any atom is 0.269 e. The van der Waals surface area contributed by atoms with Crippen molar-refractivity contribution in [2.24, 2.45) is 0 Å².